The fourth-order valence-corrected chi connectivity index (χ4v) is 4.20. The van der Waals surface area contributed by atoms with Crippen molar-refractivity contribution in [2.75, 3.05) is 5.32 Å². The minimum atomic E-state index is -0.329. The predicted octanol–water partition coefficient (Wildman–Crippen LogP) is 7.02. The van der Waals surface area contributed by atoms with Crippen molar-refractivity contribution >= 4 is 34.1 Å². The van der Waals surface area contributed by atoms with E-state index >= 15 is 0 Å². The lowest BCUT2D eigenvalue weighted by atomic mass is 9.99. The van der Waals surface area contributed by atoms with Crippen LogP contribution in [0.5, 0.6) is 0 Å². The van der Waals surface area contributed by atoms with E-state index in [9.17, 15) is 9.59 Å². The first-order chi connectivity index (χ1) is 18.9. The van der Waals surface area contributed by atoms with Gasteiger partial charge in [0.2, 0.25) is 0 Å². The first kappa shape index (κ1) is 25.6. The Morgan fingerprint density at radius 2 is 1.62 bits per heavy atom. The third kappa shape index (κ3) is 5.78. The monoisotopic (exact) mass is 516 g/mol. The van der Waals surface area contributed by atoms with Gasteiger partial charge in [-0.25, -0.2) is 10.4 Å². The van der Waals surface area contributed by atoms with E-state index in [0.717, 1.165) is 27.7 Å². The standard InChI is InChI=1S/C32H28N4O3/c1-20(2)22-10-12-24(13-11-22)29-19-27(26-7-4-5-8-28(26)34-29)31(37)36-35-21(3)23-14-16-25(17-15-23)33-32(38)30-9-6-18-39-30/h4-20H,1-3H3,(H,33,38)(H,36,37). The molecule has 0 fully saturated rings. The van der Waals surface area contributed by atoms with Crippen LogP contribution in [0.3, 0.4) is 0 Å². The number of nitrogens with zero attached hydrogens (tertiary/aromatic N) is 2. The van der Waals surface area contributed by atoms with Gasteiger partial charge >= 0.3 is 0 Å². The second kappa shape index (κ2) is 11.1. The Morgan fingerprint density at radius 3 is 2.31 bits per heavy atom. The summed E-state index contributed by atoms with van der Waals surface area (Å²) in [6.07, 6.45) is 1.45. The number of hydrogen-bond donors (Lipinski definition) is 2. The number of amides is 2. The van der Waals surface area contributed by atoms with Gasteiger partial charge < -0.3 is 9.73 Å². The fraction of sp³-hybridized carbons (Fsp3) is 0.125. The number of para-hydroxylation sites is 1. The van der Waals surface area contributed by atoms with Crippen molar-refractivity contribution in [1.82, 2.24) is 10.4 Å². The predicted molar refractivity (Wildman–Crippen MR) is 154 cm³/mol. The number of carbonyl (C=O) groups excluding carboxylic acids is 2. The highest BCUT2D eigenvalue weighted by molar-refractivity contribution is 6.08. The molecule has 5 aromatic rings. The smallest absolute Gasteiger partial charge is 0.291 e. The molecule has 0 radical (unpaired) electrons. The summed E-state index contributed by atoms with van der Waals surface area (Å²) in [5.41, 5.74) is 8.89. The number of aromatic nitrogens is 1. The van der Waals surface area contributed by atoms with Gasteiger partial charge in [0.15, 0.2) is 5.76 Å². The molecule has 2 heterocycles. The molecule has 39 heavy (non-hydrogen) atoms. The van der Waals surface area contributed by atoms with Crippen LogP contribution in [-0.2, 0) is 0 Å². The quantitative estimate of drug-likeness (QED) is 0.179. The summed E-state index contributed by atoms with van der Waals surface area (Å²) in [7, 11) is 0. The normalized spacial score (nSPS) is 11.5. The van der Waals surface area contributed by atoms with Crippen LogP contribution >= 0.6 is 0 Å². The maximum absolute atomic E-state index is 13.3. The van der Waals surface area contributed by atoms with Crippen molar-refractivity contribution in [2.45, 2.75) is 26.7 Å². The molecule has 0 saturated carbocycles. The summed E-state index contributed by atoms with van der Waals surface area (Å²) in [4.78, 5) is 30.3. The topological polar surface area (TPSA) is 96.6 Å². The number of nitrogens with one attached hydrogen (secondary N) is 2. The van der Waals surface area contributed by atoms with Gasteiger partial charge in [-0.05, 0) is 60.4 Å². The van der Waals surface area contributed by atoms with Gasteiger partial charge in [0.25, 0.3) is 11.8 Å². The molecular weight excluding hydrogens is 488 g/mol. The number of rotatable bonds is 7. The summed E-state index contributed by atoms with van der Waals surface area (Å²) < 4.78 is 5.12. The maximum atomic E-state index is 13.3. The van der Waals surface area contributed by atoms with Crippen molar-refractivity contribution < 1.29 is 14.0 Å². The van der Waals surface area contributed by atoms with Crippen LogP contribution in [0.4, 0.5) is 5.69 Å². The highest BCUT2D eigenvalue weighted by Crippen LogP contribution is 2.26. The van der Waals surface area contributed by atoms with E-state index in [4.69, 9.17) is 9.40 Å². The van der Waals surface area contributed by atoms with E-state index in [1.54, 1.807) is 24.3 Å². The molecule has 2 amide bonds. The van der Waals surface area contributed by atoms with Gasteiger partial charge in [-0.2, -0.15) is 5.10 Å². The Labute approximate surface area is 226 Å². The number of hydrogen-bond acceptors (Lipinski definition) is 5. The van der Waals surface area contributed by atoms with Gasteiger partial charge in [0.1, 0.15) is 0 Å². The summed E-state index contributed by atoms with van der Waals surface area (Å²) in [5, 5.41) is 7.87. The van der Waals surface area contributed by atoms with Gasteiger partial charge in [-0.1, -0.05) is 68.4 Å². The third-order valence-corrected chi connectivity index (χ3v) is 6.46. The van der Waals surface area contributed by atoms with Crippen LogP contribution in [0.1, 0.15) is 58.7 Å². The number of hydrazone groups is 1. The maximum Gasteiger partial charge on any atom is 0.291 e. The lowest BCUT2D eigenvalue weighted by molar-refractivity contribution is 0.0955. The van der Waals surface area contributed by atoms with E-state index in [1.165, 1.54) is 11.8 Å². The molecule has 0 spiro atoms. The Kier molecular flexibility index (Phi) is 7.32. The first-order valence-electron chi connectivity index (χ1n) is 12.7. The van der Waals surface area contributed by atoms with E-state index in [2.05, 4.69) is 41.8 Å². The Bertz CT molecular complexity index is 1650. The first-order valence-corrected chi connectivity index (χ1v) is 12.7. The van der Waals surface area contributed by atoms with Gasteiger partial charge in [-0.3, -0.25) is 9.59 Å². The van der Waals surface area contributed by atoms with Crippen LogP contribution in [0, 0.1) is 0 Å². The van der Waals surface area contributed by atoms with Crippen molar-refractivity contribution in [1.29, 1.82) is 0 Å². The molecule has 7 heteroatoms. The zero-order valence-electron chi connectivity index (χ0n) is 21.9. The molecule has 7 nitrogen and oxygen atoms in total. The SMILES string of the molecule is CC(=NNC(=O)c1cc(-c2ccc(C(C)C)cc2)nc2ccccc12)c1ccc(NC(=O)c2ccco2)cc1. The molecule has 5 rings (SSSR count). The molecule has 0 aliphatic heterocycles. The minimum absolute atomic E-state index is 0.235. The molecule has 194 valence electrons. The number of pyridine rings is 1. The van der Waals surface area contributed by atoms with Gasteiger partial charge in [-0.15, -0.1) is 0 Å². The second-order valence-electron chi connectivity index (χ2n) is 9.50. The summed E-state index contributed by atoms with van der Waals surface area (Å²) in [6.45, 7) is 6.12. The van der Waals surface area contributed by atoms with Crippen molar-refractivity contribution in [3.8, 4) is 11.3 Å². The van der Waals surface area contributed by atoms with Crippen LogP contribution < -0.4 is 10.7 Å². The average molecular weight is 517 g/mol. The molecule has 2 aromatic heterocycles. The number of furan rings is 1. The lowest BCUT2D eigenvalue weighted by Crippen LogP contribution is -2.20. The molecule has 0 aliphatic rings. The Balaban J connectivity index is 1.35. The van der Waals surface area contributed by atoms with E-state index in [-0.39, 0.29) is 17.6 Å². The van der Waals surface area contributed by atoms with Crippen molar-refractivity contribution in [3.63, 3.8) is 0 Å². The third-order valence-electron chi connectivity index (χ3n) is 6.46. The molecule has 0 aliphatic carbocycles. The highest BCUT2D eigenvalue weighted by Gasteiger charge is 2.14. The summed E-state index contributed by atoms with van der Waals surface area (Å²) in [5.74, 6) is 0.0159. The molecular formula is C32H28N4O3. The van der Waals surface area contributed by atoms with E-state index in [0.29, 0.717) is 22.9 Å². The highest BCUT2D eigenvalue weighted by atomic mass is 16.3. The number of carbonyl (C=O) groups is 2. The molecule has 0 unspecified atom stereocenters. The van der Waals surface area contributed by atoms with Gasteiger partial charge in [0, 0.05) is 16.6 Å². The molecule has 0 bridgehead atoms. The number of anilines is 1. The van der Waals surface area contributed by atoms with E-state index < -0.39 is 0 Å². The average Bonchev–Trinajstić information content (AvgIpc) is 3.51. The Morgan fingerprint density at radius 1 is 0.872 bits per heavy atom. The van der Waals surface area contributed by atoms with Crippen molar-refractivity contribution in [3.05, 3.63) is 120 Å². The second-order valence-corrected chi connectivity index (χ2v) is 9.50. The molecule has 2 N–H and O–H groups in total. The van der Waals surface area contributed by atoms with Crippen LogP contribution in [0.15, 0.2) is 107 Å². The van der Waals surface area contributed by atoms with E-state index in [1.807, 2.05) is 61.5 Å². The van der Waals surface area contributed by atoms with Gasteiger partial charge in [0.05, 0.1) is 28.7 Å². The largest absolute Gasteiger partial charge is 0.459 e. The van der Waals surface area contributed by atoms with Crippen LogP contribution in [-0.4, -0.2) is 22.5 Å². The minimum Gasteiger partial charge on any atom is -0.459 e. The number of benzene rings is 3. The van der Waals surface area contributed by atoms with Crippen LogP contribution in [0.2, 0.25) is 0 Å². The summed E-state index contributed by atoms with van der Waals surface area (Å²) >= 11 is 0. The van der Waals surface area contributed by atoms with Crippen LogP contribution in [0.25, 0.3) is 22.2 Å². The number of fused-ring (bicyclic) bond motifs is 1. The molecule has 0 saturated heterocycles. The Hall–Kier alpha value is -5.04. The fourth-order valence-electron chi connectivity index (χ4n) is 4.20. The zero-order valence-corrected chi connectivity index (χ0v) is 21.9. The zero-order chi connectivity index (χ0) is 27.4. The molecule has 3 aromatic carbocycles. The van der Waals surface area contributed by atoms with Crippen molar-refractivity contribution in [2.24, 2.45) is 5.10 Å². The lowest BCUT2D eigenvalue weighted by Gasteiger charge is -2.11. The summed E-state index contributed by atoms with van der Waals surface area (Å²) in [6, 6.07) is 28.1. The molecule has 0 atom stereocenters.